The Kier molecular flexibility index (Phi) is 5.57. The molecule has 1 unspecified atom stereocenters. The predicted molar refractivity (Wildman–Crippen MR) is 112 cm³/mol. The number of aromatic nitrogens is 2. The van der Waals surface area contributed by atoms with Crippen LogP contribution in [-0.4, -0.2) is 41.3 Å². The number of sulfonamides is 1. The number of hydrogen-bond acceptors (Lipinski definition) is 4. The number of piperidine rings is 1. The van der Waals surface area contributed by atoms with Crippen molar-refractivity contribution in [2.75, 3.05) is 18.4 Å². The number of carbonyl (C=O) groups is 1. The molecular formula is C21H23FN4O3S. The zero-order chi connectivity index (χ0) is 21.3. The van der Waals surface area contributed by atoms with Crippen LogP contribution in [0.2, 0.25) is 0 Å². The molecule has 0 aliphatic carbocycles. The molecule has 7 nitrogen and oxygen atoms in total. The number of fused-ring (bicyclic) bond motifs is 1. The lowest BCUT2D eigenvalue weighted by Gasteiger charge is -2.31. The number of benzene rings is 2. The van der Waals surface area contributed by atoms with Crippen molar-refractivity contribution in [2.45, 2.75) is 31.2 Å². The minimum Gasteiger partial charge on any atom is -0.310 e. The lowest BCUT2D eigenvalue weighted by atomic mass is 9.99. The Morgan fingerprint density at radius 1 is 1.20 bits per heavy atom. The number of carbonyl (C=O) groups excluding carboxylic acids is 1. The van der Waals surface area contributed by atoms with Crippen molar-refractivity contribution in [2.24, 2.45) is 5.92 Å². The topological polar surface area (TPSA) is 84.3 Å². The molecule has 1 aliphatic heterocycles. The SMILES string of the molecule is CCn1c(NC(=O)C2CCCN(S(=O)(=O)c3ccc(F)cc3)C2)nc2ccccc21. The van der Waals surface area contributed by atoms with Crippen LogP contribution in [0.4, 0.5) is 10.3 Å². The van der Waals surface area contributed by atoms with Crippen LogP contribution in [0, 0.1) is 11.7 Å². The van der Waals surface area contributed by atoms with Crippen molar-refractivity contribution in [1.29, 1.82) is 0 Å². The zero-order valence-corrected chi connectivity index (χ0v) is 17.4. The van der Waals surface area contributed by atoms with Crippen LogP contribution in [0.5, 0.6) is 0 Å². The summed E-state index contributed by atoms with van der Waals surface area (Å²) < 4.78 is 42.2. The fraction of sp³-hybridized carbons (Fsp3) is 0.333. The Morgan fingerprint density at radius 3 is 2.67 bits per heavy atom. The summed E-state index contributed by atoms with van der Waals surface area (Å²) in [5.74, 6) is -0.774. The van der Waals surface area contributed by atoms with Gasteiger partial charge in [0, 0.05) is 19.6 Å². The van der Waals surface area contributed by atoms with E-state index in [9.17, 15) is 17.6 Å². The fourth-order valence-corrected chi connectivity index (χ4v) is 5.36. The summed E-state index contributed by atoms with van der Waals surface area (Å²) in [6, 6.07) is 12.4. The maximum absolute atomic E-state index is 13.2. The van der Waals surface area contributed by atoms with Crippen molar-refractivity contribution < 1.29 is 17.6 Å². The molecule has 0 saturated carbocycles. The lowest BCUT2D eigenvalue weighted by molar-refractivity contribution is -0.120. The molecule has 0 bridgehead atoms. The van der Waals surface area contributed by atoms with Crippen LogP contribution in [0.1, 0.15) is 19.8 Å². The lowest BCUT2D eigenvalue weighted by Crippen LogP contribution is -2.43. The van der Waals surface area contributed by atoms with Gasteiger partial charge in [-0.15, -0.1) is 0 Å². The molecule has 2 heterocycles. The Balaban J connectivity index is 1.52. The van der Waals surface area contributed by atoms with E-state index in [1.54, 1.807) is 0 Å². The second-order valence-electron chi connectivity index (χ2n) is 7.31. The first-order valence-corrected chi connectivity index (χ1v) is 11.4. The molecular weight excluding hydrogens is 407 g/mol. The smallest absolute Gasteiger partial charge is 0.243 e. The Morgan fingerprint density at radius 2 is 1.93 bits per heavy atom. The second kappa shape index (κ2) is 8.16. The minimum atomic E-state index is -3.79. The van der Waals surface area contributed by atoms with E-state index in [0.717, 1.165) is 23.2 Å². The van der Waals surface area contributed by atoms with Crippen LogP contribution in [-0.2, 0) is 21.4 Å². The number of imidazole rings is 1. The first kappa shape index (κ1) is 20.5. The summed E-state index contributed by atoms with van der Waals surface area (Å²) in [5.41, 5.74) is 1.72. The highest BCUT2D eigenvalue weighted by atomic mass is 32.2. The van der Waals surface area contributed by atoms with Gasteiger partial charge in [0.15, 0.2) is 0 Å². The number of aryl methyl sites for hydroxylation is 1. The monoisotopic (exact) mass is 430 g/mol. The van der Waals surface area contributed by atoms with E-state index in [2.05, 4.69) is 10.3 Å². The Hall–Kier alpha value is -2.78. The number of nitrogens with one attached hydrogen (secondary N) is 1. The van der Waals surface area contributed by atoms with Gasteiger partial charge in [0.05, 0.1) is 21.8 Å². The number of anilines is 1. The average Bonchev–Trinajstić information content (AvgIpc) is 3.11. The number of rotatable bonds is 5. The Labute approximate surface area is 174 Å². The Bertz CT molecular complexity index is 1170. The normalized spacial score (nSPS) is 17.9. The number of halogens is 1. The third-order valence-corrected chi connectivity index (χ3v) is 7.29. The van der Waals surface area contributed by atoms with Gasteiger partial charge in [-0.05, 0) is 56.2 Å². The maximum Gasteiger partial charge on any atom is 0.243 e. The van der Waals surface area contributed by atoms with Gasteiger partial charge < -0.3 is 4.57 Å². The number of para-hydroxylation sites is 2. The van der Waals surface area contributed by atoms with Crippen molar-refractivity contribution in [3.05, 3.63) is 54.3 Å². The molecule has 2 aromatic carbocycles. The van der Waals surface area contributed by atoms with E-state index in [1.165, 1.54) is 16.4 Å². The first-order chi connectivity index (χ1) is 14.4. The third kappa shape index (κ3) is 3.82. The molecule has 9 heteroatoms. The number of hydrogen-bond donors (Lipinski definition) is 1. The highest BCUT2D eigenvalue weighted by Crippen LogP contribution is 2.26. The van der Waals surface area contributed by atoms with E-state index < -0.39 is 21.8 Å². The summed E-state index contributed by atoms with van der Waals surface area (Å²) in [4.78, 5) is 17.5. The molecule has 30 heavy (non-hydrogen) atoms. The summed E-state index contributed by atoms with van der Waals surface area (Å²) in [6.45, 7) is 3.03. The highest BCUT2D eigenvalue weighted by Gasteiger charge is 2.33. The first-order valence-electron chi connectivity index (χ1n) is 9.92. The van der Waals surface area contributed by atoms with Crippen molar-refractivity contribution in [3.8, 4) is 0 Å². The van der Waals surface area contributed by atoms with Gasteiger partial charge in [0.2, 0.25) is 21.9 Å². The molecule has 1 aromatic heterocycles. The van der Waals surface area contributed by atoms with Crippen LogP contribution in [0.25, 0.3) is 11.0 Å². The molecule has 1 aliphatic rings. The van der Waals surface area contributed by atoms with E-state index in [0.29, 0.717) is 31.9 Å². The molecule has 0 spiro atoms. The van der Waals surface area contributed by atoms with Gasteiger partial charge in [-0.1, -0.05) is 12.1 Å². The van der Waals surface area contributed by atoms with E-state index in [1.807, 2.05) is 35.8 Å². The van der Waals surface area contributed by atoms with E-state index >= 15 is 0 Å². The average molecular weight is 431 g/mol. The molecule has 1 atom stereocenters. The largest absolute Gasteiger partial charge is 0.310 e. The molecule has 1 amide bonds. The molecule has 3 aromatic rings. The summed E-state index contributed by atoms with van der Waals surface area (Å²) in [5, 5.41) is 2.88. The van der Waals surface area contributed by atoms with Gasteiger partial charge in [-0.2, -0.15) is 4.31 Å². The summed E-state index contributed by atoms with van der Waals surface area (Å²) >= 11 is 0. The minimum absolute atomic E-state index is 0.0257. The van der Waals surface area contributed by atoms with E-state index in [-0.39, 0.29) is 17.3 Å². The van der Waals surface area contributed by atoms with Crippen LogP contribution in [0.15, 0.2) is 53.4 Å². The van der Waals surface area contributed by atoms with E-state index in [4.69, 9.17) is 0 Å². The van der Waals surface area contributed by atoms with Crippen LogP contribution < -0.4 is 5.32 Å². The molecule has 4 rings (SSSR count). The van der Waals surface area contributed by atoms with Crippen LogP contribution >= 0.6 is 0 Å². The van der Waals surface area contributed by atoms with Crippen molar-refractivity contribution >= 4 is 32.9 Å². The van der Waals surface area contributed by atoms with Gasteiger partial charge in [-0.3, -0.25) is 10.1 Å². The molecule has 1 fully saturated rings. The zero-order valence-electron chi connectivity index (χ0n) is 16.6. The standard InChI is InChI=1S/C21H23FN4O3S/c1-2-26-19-8-4-3-7-18(19)23-21(26)24-20(27)15-6-5-13-25(14-15)30(28,29)17-11-9-16(22)10-12-17/h3-4,7-12,15H,2,5-6,13-14H2,1H3,(H,23,24,27). The fourth-order valence-electron chi connectivity index (χ4n) is 3.83. The predicted octanol–water partition coefficient (Wildman–Crippen LogP) is 3.23. The number of nitrogens with zero attached hydrogens (tertiary/aromatic N) is 3. The number of amides is 1. The highest BCUT2D eigenvalue weighted by molar-refractivity contribution is 7.89. The van der Waals surface area contributed by atoms with Crippen molar-refractivity contribution in [3.63, 3.8) is 0 Å². The summed E-state index contributed by atoms with van der Waals surface area (Å²) in [6.07, 6.45) is 1.16. The summed E-state index contributed by atoms with van der Waals surface area (Å²) in [7, 11) is -3.79. The molecule has 0 radical (unpaired) electrons. The van der Waals surface area contributed by atoms with Gasteiger partial charge in [-0.25, -0.2) is 17.8 Å². The van der Waals surface area contributed by atoms with Crippen LogP contribution in [0.3, 0.4) is 0 Å². The quantitative estimate of drug-likeness (QED) is 0.674. The van der Waals surface area contributed by atoms with Gasteiger partial charge in [0.1, 0.15) is 5.82 Å². The second-order valence-corrected chi connectivity index (χ2v) is 9.25. The van der Waals surface area contributed by atoms with Crippen molar-refractivity contribution in [1.82, 2.24) is 13.9 Å². The third-order valence-electron chi connectivity index (χ3n) is 5.41. The molecule has 1 saturated heterocycles. The van der Waals surface area contributed by atoms with Gasteiger partial charge >= 0.3 is 0 Å². The maximum atomic E-state index is 13.2. The molecule has 158 valence electrons. The molecule has 1 N–H and O–H groups in total. The van der Waals surface area contributed by atoms with Gasteiger partial charge in [0.25, 0.3) is 0 Å².